The number of para-hydroxylation sites is 1. The van der Waals surface area contributed by atoms with Crippen molar-refractivity contribution in [2.45, 2.75) is 44.4 Å². The van der Waals surface area contributed by atoms with Crippen molar-refractivity contribution in [1.82, 2.24) is 0 Å². The molecular weight excluding hydrogens is 452 g/mol. The fourth-order valence-corrected chi connectivity index (χ4v) is 8.32. The lowest BCUT2D eigenvalue weighted by molar-refractivity contribution is -0.117. The van der Waals surface area contributed by atoms with Gasteiger partial charge in [-0.05, 0) is 41.7 Å². The maximum atomic E-state index is 12.8. The summed E-state index contributed by atoms with van der Waals surface area (Å²) in [6, 6.07) is 13.1. The highest BCUT2D eigenvalue weighted by atomic mass is 35.5. The van der Waals surface area contributed by atoms with Crippen LogP contribution in [0.2, 0.25) is 5.02 Å². The van der Waals surface area contributed by atoms with Gasteiger partial charge < -0.3 is 4.90 Å². The van der Waals surface area contributed by atoms with E-state index in [9.17, 15) is 13.2 Å². The molecule has 0 unspecified atom stereocenters. The average molecular weight is 477 g/mol. The molecule has 8 heteroatoms. The number of thioether (sulfide) groups is 1. The van der Waals surface area contributed by atoms with Crippen molar-refractivity contribution in [3.8, 4) is 0 Å². The quantitative estimate of drug-likeness (QED) is 0.643. The lowest BCUT2D eigenvalue weighted by atomic mass is 10.0. The summed E-state index contributed by atoms with van der Waals surface area (Å²) in [5.74, 6) is -0.0282. The third-order valence-electron chi connectivity index (χ3n) is 5.76. The number of rotatable bonds is 5. The maximum absolute atomic E-state index is 12.8. The molecule has 31 heavy (non-hydrogen) atoms. The van der Waals surface area contributed by atoms with Gasteiger partial charge >= 0.3 is 0 Å². The zero-order valence-electron chi connectivity index (χ0n) is 17.5. The zero-order chi connectivity index (χ0) is 22.2. The number of halogens is 1. The summed E-state index contributed by atoms with van der Waals surface area (Å²) in [4.78, 5) is 19.3. The van der Waals surface area contributed by atoms with E-state index >= 15 is 0 Å². The number of benzene rings is 2. The molecule has 2 saturated heterocycles. The number of aliphatic imine (C=N–C) groups is 1. The molecule has 2 atom stereocenters. The summed E-state index contributed by atoms with van der Waals surface area (Å²) in [6.45, 7) is 4.18. The van der Waals surface area contributed by atoms with Crippen molar-refractivity contribution in [2.24, 2.45) is 4.99 Å². The Bertz CT molecular complexity index is 1110. The van der Waals surface area contributed by atoms with Crippen LogP contribution in [0.5, 0.6) is 0 Å². The van der Waals surface area contributed by atoms with Crippen LogP contribution in [0.25, 0.3) is 0 Å². The monoisotopic (exact) mass is 476 g/mol. The van der Waals surface area contributed by atoms with Crippen LogP contribution in [0.3, 0.4) is 0 Å². The zero-order valence-corrected chi connectivity index (χ0v) is 19.9. The van der Waals surface area contributed by atoms with Gasteiger partial charge in [0.2, 0.25) is 0 Å². The summed E-state index contributed by atoms with van der Waals surface area (Å²) in [7, 11) is -3.11. The van der Waals surface area contributed by atoms with Gasteiger partial charge in [-0.2, -0.15) is 4.99 Å². The minimum absolute atomic E-state index is 0.0935. The molecule has 0 aromatic heterocycles. The van der Waals surface area contributed by atoms with Gasteiger partial charge in [0.15, 0.2) is 15.0 Å². The number of carbonyl (C=O) groups excluding carboxylic acids is 1. The lowest BCUT2D eigenvalue weighted by Gasteiger charge is -2.29. The molecule has 164 valence electrons. The predicted octanol–water partition coefficient (Wildman–Crippen LogP) is 4.31. The van der Waals surface area contributed by atoms with Crippen LogP contribution in [-0.2, 0) is 33.9 Å². The number of hydrogen-bond donors (Lipinski definition) is 0. The molecule has 2 aliphatic heterocycles. The molecule has 2 aromatic carbocycles. The topological polar surface area (TPSA) is 66.8 Å². The average Bonchev–Trinajstić information content (AvgIpc) is 3.19. The Kier molecular flexibility index (Phi) is 6.47. The highest BCUT2D eigenvalue weighted by molar-refractivity contribution is 8.16. The summed E-state index contributed by atoms with van der Waals surface area (Å²) in [6.07, 6.45) is 1.82. The normalized spacial score (nSPS) is 23.3. The van der Waals surface area contributed by atoms with E-state index in [1.165, 1.54) is 11.8 Å². The fourth-order valence-electron chi connectivity index (χ4n) is 4.27. The standard InChI is InChI=1S/C23H25ClN2O3S2/c1-3-16-6-5-7-17(4-2)22(16)26-19-13-31(28,29)14-20(19)30-23(26)25-21(27)12-15-8-10-18(24)11-9-15/h5-11,19-20H,3-4,12-14H2,1-2H3/t19-,20-/m0/s1. The summed E-state index contributed by atoms with van der Waals surface area (Å²) in [5, 5.41) is 1.12. The van der Waals surface area contributed by atoms with E-state index in [1.54, 1.807) is 12.1 Å². The maximum Gasteiger partial charge on any atom is 0.252 e. The Morgan fingerprint density at radius 3 is 2.35 bits per heavy atom. The minimum atomic E-state index is -3.11. The van der Waals surface area contributed by atoms with E-state index in [-0.39, 0.29) is 35.1 Å². The van der Waals surface area contributed by atoms with Crippen molar-refractivity contribution in [1.29, 1.82) is 0 Å². The Labute approximate surface area is 192 Å². The van der Waals surface area contributed by atoms with Crippen LogP contribution < -0.4 is 4.90 Å². The number of fused-ring (bicyclic) bond motifs is 1. The van der Waals surface area contributed by atoms with Gasteiger partial charge in [-0.25, -0.2) is 8.42 Å². The molecule has 0 bridgehead atoms. The van der Waals surface area contributed by atoms with Crippen molar-refractivity contribution >= 4 is 50.0 Å². The van der Waals surface area contributed by atoms with Crippen LogP contribution in [0.4, 0.5) is 5.69 Å². The van der Waals surface area contributed by atoms with E-state index in [4.69, 9.17) is 11.6 Å². The first-order valence-corrected chi connectivity index (χ1v) is 13.5. The largest absolute Gasteiger partial charge is 0.315 e. The number of nitrogens with zero attached hydrogens (tertiary/aromatic N) is 2. The van der Waals surface area contributed by atoms with E-state index in [0.29, 0.717) is 10.2 Å². The molecule has 2 aliphatic rings. The Balaban J connectivity index is 1.73. The van der Waals surface area contributed by atoms with Gasteiger partial charge in [0.1, 0.15) is 0 Å². The Morgan fingerprint density at radius 2 is 1.74 bits per heavy atom. The first-order valence-electron chi connectivity index (χ1n) is 10.4. The number of hydrogen-bond acceptors (Lipinski definition) is 4. The van der Waals surface area contributed by atoms with Crippen LogP contribution >= 0.6 is 23.4 Å². The van der Waals surface area contributed by atoms with Crippen LogP contribution in [-0.4, -0.2) is 42.3 Å². The van der Waals surface area contributed by atoms with E-state index in [1.807, 2.05) is 23.1 Å². The molecule has 0 aliphatic carbocycles. The summed E-state index contributed by atoms with van der Waals surface area (Å²) < 4.78 is 24.7. The SMILES string of the molecule is CCc1cccc(CC)c1N1C(=NC(=O)Cc2ccc(Cl)cc2)S[C@H]2CS(=O)(=O)C[C@@H]21. The highest BCUT2D eigenvalue weighted by Gasteiger charge is 2.50. The van der Waals surface area contributed by atoms with Crippen molar-refractivity contribution in [3.63, 3.8) is 0 Å². The van der Waals surface area contributed by atoms with Gasteiger partial charge in [-0.15, -0.1) is 0 Å². The molecule has 2 fully saturated rings. The molecule has 5 nitrogen and oxygen atoms in total. The van der Waals surface area contributed by atoms with Crippen LogP contribution in [0, 0.1) is 0 Å². The number of sulfone groups is 1. The number of amides is 1. The van der Waals surface area contributed by atoms with Crippen molar-refractivity contribution in [2.75, 3.05) is 16.4 Å². The van der Waals surface area contributed by atoms with Gasteiger partial charge in [0.25, 0.3) is 5.91 Å². The van der Waals surface area contributed by atoms with E-state index < -0.39 is 9.84 Å². The minimum Gasteiger partial charge on any atom is -0.315 e. The molecular formula is C23H25ClN2O3S2. The molecule has 0 N–H and O–H groups in total. The summed E-state index contributed by atoms with van der Waals surface area (Å²) in [5.41, 5.74) is 4.15. The fraction of sp³-hybridized carbons (Fsp3) is 0.391. The third kappa shape index (κ3) is 4.69. The van der Waals surface area contributed by atoms with Crippen LogP contribution in [0.1, 0.15) is 30.5 Å². The molecule has 4 rings (SSSR count). The van der Waals surface area contributed by atoms with E-state index in [0.717, 1.165) is 35.2 Å². The van der Waals surface area contributed by atoms with E-state index in [2.05, 4.69) is 31.0 Å². The first-order chi connectivity index (χ1) is 14.8. The number of anilines is 1. The molecule has 0 radical (unpaired) electrons. The van der Waals surface area contributed by atoms with Crippen molar-refractivity contribution < 1.29 is 13.2 Å². The first kappa shape index (κ1) is 22.4. The highest BCUT2D eigenvalue weighted by Crippen LogP contribution is 2.43. The lowest BCUT2D eigenvalue weighted by Crippen LogP contribution is -2.39. The second kappa shape index (κ2) is 8.96. The Hall–Kier alpha value is -1.83. The van der Waals surface area contributed by atoms with Gasteiger partial charge in [-0.3, -0.25) is 4.79 Å². The van der Waals surface area contributed by atoms with Crippen molar-refractivity contribution in [3.05, 3.63) is 64.2 Å². The Morgan fingerprint density at radius 1 is 1.10 bits per heavy atom. The van der Waals surface area contributed by atoms with Gasteiger partial charge in [0, 0.05) is 16.0 Å². The molecule has 2 heterocycles. The number of amidine groups is 1. The second-order valence-electron chi connectivity index (χ2n) is 7.89. The summed E-state index contributed by atoms with van der Waals surface area (Å²) >= 11 is 7.36. The third-order valence-corrected chi connectivity index (χ3v) is 9.22. The smallest absolute Gasteiger partial charge is 0.252 e. The molecule has 0 saturated carbocycles. The second-order valence-corrected chi connectivity index (χ2v) is 11.7. The molecule has 2 aromatic rings. The van der Waals surface area contributed by atoms with Crippen LogP contribution in [0.15, 0.2) is 47.5 Å². The number of aryl methyl sites for hydroxylation is 2. The molecule has 1 amide bonds. The number of carbonyl (C=O) groups is 1. The predicted molar refractivity (Wildman–Crippen MR) is 129 cm³/mol. The van der Waals surface area contributed by atoms with Gasteiger partial charge in [-0.1, -0.05) is 67.5 Å². The van der Waals surface area contributed by atoms with Gasteiger partial charge in [0.05, 0.1) is 24.0 Å². The molecule has 0 spiro atoms.